The number of anilines is 1. The Morgan fingerprint density at radius 1 is 1.24 bits per heavy atom. The summed E-state index contributed by atoms with van der Waals surface area (Å²) in [7, 11) is 0. The largest absolute Gasteiger partial charge is 0.389 e. The predicted molar refractivity (Wildman–Crippen MR) is 129 cm³/mol. The molecule has 34 heavy (non-hydrogen) atoms. The molecule has 3 N–H and O–H groups in total. The topological polar surface area (TPSA) is 126 Å². The van der Waals surface area contributed by atoms with Crippen LogP contribution in [0.2, 0.25) is 5.28 Å². The zero-order valence-electron chi connectivity index (χ0n) is 18.5. The minimum atomic E-state index is -1.22. The number of amides is 1. The SMILES string of the molecule is Cc1ccccc1CNc1nc(Cl)nc2c1ncn2[C@@H]1S[C@H](C(=O)N2CCOCC2)[C@@H](O)[C@H]1O. The number of benzene rings is 1. The van der Waals surface area contributed by atoms with E-state index in [0.717, 1.165) is 11.1 Å². The molecule has 5 rings (SSSR count). The van der Waals surface area contributed by atoms with Crippen molar-refractivity contribution in [3.8, 4) is 0 Å². The lowest BCUT2D eigenvalue weighted by Gasteiger charge is -2.29. The smallest absolute Gasteiger partial charge is 0.238 e. The second kappa shape index (κ2) is 9.67. The maximum Gasteiger partial charge on any atom is 0.238 e. The Kier molecular flexibility index (Phi) is 6.63. The van der Waals surface area contributed by atoms with Crippen LogP contribution in [0.4, 0.5) is 5.82 Å². The van der Waals surface area contributed by atoms with Gasteiger partial charge in [-0.1, -0.05) is 24.3 Å². The van der Waals surface area contributed by atoms with Crippen molar-refractivity contribution in [1.29, 1.82) is 0 Å². The fourth-order valence-corrected chi connectivity index (χ4v) is 5.90. The van der Waals surface area contributed by atoms with Gasteiger partial charge in [0.1, 0.15) is 22.8 Å². The molecular formula is C22H25ClN6O4S. The van der Waals surface area contributed by atoms with E-state index in [-0.39, 0.29) is 11.2 Å². The Morgan fingerprint density at radius 2 is 2.00 bits per heavy atom. The predicted octanol–water partition coefficient (Wildman–Crippen LogP) is 1.59. The van der Waals surface area contributed by atoms with Crippen molar-refractivity contribution in [3.63, 3.8) is 0 Å². The first-order chi connectivity index (χ1) is 16.4. The van der Waals surface area contributed by atoms with Crippen molar-refractivity contribution in [2.75, 3.05) is 31.6 Å². The van der Waals surface area contributed by atoms with Crippen molar-refractivity contribution in [2.24, 2.45) is 0 Å². The minimum Gasteiger partial charge on any atom is -0.389 e. The second-order valence-electron chi connectivity index (χ2n) is 8.31. The zero-order chi connectivity index (χ0) is 23.8. The summed E-state index contributed by atoms with van der Waals surface area (Å²) in [6.07, 6.45) is -0.877. The molecular weight excluding hydrogens is 480 g/mol. The number of aromatic nitrogens is 4. The molecule has 2 aliphatic rings. The maximum absolute atomic E-state index is 13.0. The summed E-state index contributed by atoms with van der Waals surface area (Å²) in [4.78, 5) is 27.7. The van der Waals surface area contributed by atoms with Crippen LogP contribution in [0.1, 0.15) is 16.5 Å². The van der Waals surface area contributed by atoms with E-state index in [0.29, 0.717) is 49.8 Å². The van der Waals surface area contributed by atoms with Gasteiger partial charge in [-0.15, -0.1) is 11.8 Å². The summed E-state index contributed by atoms with van der Waals surface area (Å²) in [5, 5.41) is 23.4. The van der Waals surface area contributed by atoms with E-state index in [2.05, 4.69) is 20.3 Å². The van der Waals surface area contributed by atoms with E-state index in [9.17, 15) is 15.0 Å². The summed E-state index contributed by atoms with van der Waals surface area (Å²) in [6, 6.07) is 8.02. The highest BCUT2D eigenvalue weighted by molar-refractivity contribution is 8.01. The van der Waals surface area contributed by atoms with Crippen molar-refractivity contribution in [3.05, 3.63) is 47.0 Å². The lowest BCUT2D eigenvalue weighted by atomic mass is 10.1. The number of nitrogens with one attached hydrogen (secondary N) is 1. The Morgan fingerprint density at radius 3 is 2.76 bits per heavy atom. The summed E-state index contributed by atoms with van der Waals surface area (Å²) < 4.78 is 6.95. The van der Waals surface area contributed by atoms with Gasteiger partial charge in [0.15, 0.2) is 17.0 Å². The number of aliphatic hydroxyl groups excluding tert-OH is 2. The van der Waals surface area contributed by atoms with E-state index in [4.69, 9.17) is 16.3 Å². The Hall–Kier alpha value is -2.44. The van der Waals surface area contributed by atoms with E-state index in [1.807, 2.05) is 31.2 Å². The number of fused-ring (bicyclic) bond motifs is 1. The van der Waals surface area contributed by atoms with Crippen LogP contribution in [-0.4, -0.2) is 84.3 Å². The van der Waals surface area contributed by atoms with E-state index in [1.165, 1.54) is 18.1 Å². The van der Waals surface area contributed by atoms with Crippen LogP contribution in [0.5, 0.6) is 0 Å². The van der Waals surface area contributed by atoms with Gasteiger partial charge < -0.3 is 25.2 Å². The molecule has 4 atom stereocenters. The molecule has 2 aromatic heterocycles. The fourth-order valence-electron chi connectivity index (χ4n) is 4.24. The van der Waals surface area contributed by atoms with Gasteiger partial charge in [-0.3, -0.25) is 9.36 Å². The first kappa shape index (κ1) is 23.3. The normalized spacial score (nSPS) is 25.1. The van der Waals surface area contributed by atoms with Gasteiger partial charge in [0.05, 0.1) is 19.5 Å². The molecule has 10 nitrogen and oxygen atoms in total. The number of halogens is 1. The molecule has 0 radical (unpaired) electrons. The average Bonchev–Trinajstić information content (AvgIpc) is 3.39. The molecule has 0 saturated carbocycles. The maximum atomic E-state index is 13.0. The van der Waals surface area contributed by atoms with Crippen molar-refractivity contribution >= 4 is 46.3 Å². The van der Waals surface area contributed by atoms with E-state index >= 15 is 0 Å². The van der Waals surface area contributed by atoms with E-state index in [1.54, 1.807) is 9.47 Å². The zero-order valence-corrected chi connectivity index (χ0v) is 20.0. The fraction of sp³-hybridized carbons (Fsp3) is 0.455. The van der Waals surface area contributed by atoms with Gasteiger partial charge in [-0.05, 0) is 29.7 Å². The molecule has 180 valence electrons. The molecule has 0 unspecified atom stereocenters. The molecule has 2 aliphatic heterocycles. The van der Waals surface area contributed by atoms with Crippen LogP contribution < -0.4 is 5.32 Å². The van der Waals surface area contributed by atoms with Gasteiger partial charge in [0.2, 0.25) is 11.2 Å². The monoisotopic (exact) mass is 504 g/mol. The van der Waals surface area contributed by atoms with Crippen molar-refractivity contribution in [1.82, 2.24) is 24.4 Å². The molecule has 0 spiro atoms. The third-order valence-electron chi connectivity index (χ3n) is 6.18. The summed E-state index contributed by atoms with van der Waals surface area (Å²) in [5.74, 6) is 0.260. The molecule has 4 heterocycles. The van der Waals surface area contributed by atoms with Gasteiger partial charge in [0, 0.05) is 19.6 Å². The molecule has 2 fully saturated rings. The number of carbonyl (C=O) groups excluding carboxylic acids is 1. The molecule has 1 amide bonds. The number of carbonyl (C=O) groups is 1. The lowest BCUT2D eigenvalue weighted by Crippen LogP contribution is -2.48. The van der Waals surface area contributed by atoms with Gasteiger partial charge in [-0.25, -0.2) is 4.98 Å². The highest BCUT2D eigenvalue weighted by atomic mass is 35.5. The third-order valence-corrected chi connectivity index (χ3v) is 7.91. The van der Waals surface area contributed by atoms with Crippen LogP contribution in [0.25, 0.3) is 11.2 Å². The highest BCUT2D eigenvalue weighted by Crippen LogP contribution is 2.44. The van der Waals surface area contributed by atoms with E-state index < -0.39 is 22.8 Å². The van der Waals surface area contributed by atoms with Crippen LogP contribution in [0, 0.1) is 6.92 Å². The third kappa shape index (κ3) is 4.34. The molecule has 3 aromatic rings. The molecule has 1 aromatic carbocycles. The second-order valence-corrected chi connectivity index (χ2v) is 9.91. The average molecular weight is 505 g/mol. The number of morpholine rings is 1. The Bertz CT molecular complexity index is 1200. The Balaban J connectivity index is 1.40. The standard InChI is InChI=1S/C22H25ClN6O4S/c1-12-4-2-3-5-13(12)10-24-18-14-19(27-22(23)26-18)29(11-25-14)21-16(31)15(30)17(34-21)20(32)28-6-8-33-9-7-28/h2-5,11,15-17,21,30-31H,6-10H2,1H3,(H,24,26,27)/t15-,16+,17-,21+/m0/s1. The number of rotatable bonds is 5. The number of aliphatic hydroxyl groups is 2. The van der Waals surface area contributed by atoms with Crippen LogP contribution >= 0.6 is 23.4 Å². The number of hydrogen-bond acceptors (Lipinski definition) is 9. The summed E-state index contributed by atoms with van der Waals surface area (Å²) >= 11 is 7.42. The molecule has 12 heteroatoms. The summed E-state index contributed by atoms with van der Waals surface area (Å²) in [6.45, 7) is 4.42. The quantitative estimate of drug-likeness (QED) is 0.444. The van der Waals surface area contributed by atoms with Crippen LogP contribution in [0.15, 0.2) is 30.6 Å². The summed E-state index contributed by atoms with van der Waals surface area (Å²) in [5.41, 5.74) is 3.16. The lowest BCUT2D eigenvalue weighted by molar-refractivity contribution is -0.137. The molecule has 0 bridgehead atoms. The first-order valence-corrected chi connectivity index (χ1v) is 12.3. The van der Waals surface area contributed by atoms with Gasteiger partial charge in [0.25, 0.3) is 0 Å². The van der Waals surface area contributed by atoms with Crippen LogP contribution in [0.3, 0.4) is 0 Å². The Labute approximate surface area is 205 Å². The number of nitrogens with zero attached hydrogens (tertiary/aromatic N) is 5. The number of aryl methyl sites for hydroxylation is 1. The highest BCUT2D eigenvalue weighted by Gasteiger charge is 2.48. The number of imidazole rings is 1. The minimum absolute atomic E-state index is 0.0283. The van der Waals surface area contributed by atoms with Gasteiger partial charge in [-0.2, -0.15) is 9.97 Å². The first-order valence-electron chi connectivity index (χ1n) is 11.0. The number of thioether (sulfide) groups is 1. The van der Waals surface area contributed by atoms with Gasteiger partial charge >= 0.3 is 0 Å². The van der Waals surface area contributed by atoms with Crippen LogP contribution in [-0.2, 0) is 16.1 Å². The number of hydrogen-bond donors (Lipinski definition) is 3. The molecule has 2 saturated heterocycles. The van der Waals surface area contributed by atoms with Crippen molar-refractivity contribution < 1.29 is 19.7 Å². The van der Waals surface area contributed by atoms with Crippen molar-refractivity contribution in [2.45, 2.75) is 36.3 Å². The molecule has 0 aliphatic carbocycles. The number of ether oxygens (including phenoxy) is 1.